The smallest absolute Gasteiger partial charge is 0.302 e. The van der Waals surface area contributed by atoms with Crippen LogP contribution in [0.2, 0.25) is 16.6 Å². The van der Waals surface area contributed by atoms with Crippen molar-refractivity contribution in [2.24, 2.45) is 0 Å². The monoisotopic (exact) mass is 792 g/mol. The van der Waals surface area contributed by atoms with Crippen molar-refractivity contribution in [3.8, 4) is 22.8 Å². The molecule has 11 heteroatoms. The zero-order valence-electron chi connectivity index (χ0n) is 34.8. The number of rotatable bonds is 14. The Morgan fingerprint density at radius 1 is 0.895 bits per heavy atom. The molecule has 1 saturated heterocycles. The summed E-state index contributed by atoms with van der Waals surface area (Å²) in [6, 6.07) is 24.7. The van der Waals surface area contributed by atoms with Crippen molar-refractivity contribution >= 4 is 36.7 Å². The van der Waals surface area contributed by atoms with Crippen LogP contribution in [-0.2, 0) is 20.6 Å². The molecule has 2 heterocycles. The standard InChI is InChI=1S/C46H57FN4O5Si/c1-10-54-40-16-13-15-37(25-40)51-27-44(48-45(51)42-19-18-33(8)22-43(42)47)46(53)50-21-20-49(26-39(50)29-55-34(9)52)38-23-35-14-11-12-17-41(35)36(24-38)28-56-57(30(2)3,31(4)5)32(6)7/h11-19,22-25,27,30-32,39H,10,20-21,26,28-29H2,1-9H3/t39-/m0/s1. The first-order chi connectivity index (χ1) is 27.2. The maximum atomic E-state index is 15.5. The Balaban J connectivity index is 1.34. The lowest BCUT2D eigenvalue weighted by molar-refractivity contribution is -0.142. The summed E-state index contributed by atoms with van der Waals surface area (Å²) in [5.41, 5.74) is 5.41. The highest BCUT2D eigenvalue weighted by Gasteiger charge is 2.45. The van der Waals surface area contributed by atoms with E-state index in [2.05, 4.69) is 82.8 Å². The average Bonchev–Trinajstić information content (AvgIpc) is 3.62. The molecule has 1 amide bonds. The second-order valence-electron chi connectivity index (χ2n) is 16.1. The first-order valence-electron chi connectivity index (χ1n) is 20.2. The van der Waals surface area contributed by atoms with E-state index in [0.29, 0.717) is 66.7 Å². The predicted octanol–water partition coefficient (Wildman–Crippen LogP) is 10.1. The van der Waals surface area contributed by atoms with E-state index in [1.54, 1.807) is 21.7 Å². The van der Waals surface area contributed by atoms with E-state index in [1.807, 2.05) is 44.2 Å². The quantitative estimate of drug-likeness (QED) is 0.0818. The number of carbonyl (C=O) groups excluding carboxylic acids is 2. The molecule has 5 aromatic rings. The summed E-state index contributed by atoms with van der Waals surface area (Å²) in [6.45, 7) is 21.3. The van der Waals surface area contributed by atoms with E-state index >= 15 is 4.39 Å². The van der Waals surface area contributed by atoms with Gasteiger partial charge in [-0.05, 0) is 88.8 Å². The first-order valence-corrected chi connectivity index (χ1v) is 22.3. The van der Waals surface area contributed by atoms with Crippen LogP contribution in [0, 0.1) is 12.7 Å². The number of piperazine rings is 1. The topological polar surface area (TPSA) is 86.1 Å². The van der Waals surface area contributed by atoms with Gasteiger partial charge in [0.25, 0.3) is 5.91 Å². The Morgan fingerprint density at radius 3 is 2.32 bits per heavy atom. The molecule has 0 saturated carbocycles. The van der Waals surface area contributed by atoms with Crippen LogP contribution in [0.3, 0.4) is 0 Å². The Hall–Kier alpha value is -5.00. The van der Waals surface area contributed by atoms with Gasteiger partial charge in [-0.25, -0.2) is 9.37 Å². The predicted molar refractivity (Wildman–Crippen MR) is 228 cm³/mol. The van der Waals surface area contributed by atoms with Crippen molar-refractivity contribution in [2.75, 3.05) is 37.7 Å². The van der Waals surface area contributed by atoms with Crippen LogP contribution in [0.4, 0.5) is 10.1 Å². The highest BCUT2D eigenvalue weighted by atomic mass is 28.4. The number of ether oxygens (including phenoxy) is 2. The maximum Gasteiger partial charge on any atom is 0.302 e. The summed E-state index contributed by atoms with van der Waals surface area (Å²) in [6.07, 6.45) is 1.65. The van der Waals surface area contributed by atoms with Gasteiger partial charge in [-0.2, -0.15) is 0 Å². The number of nitrogens with zero attached hydrogens (tertiary/aromatic N) is 4. The minimum absolute atomic E-state index is 0.0168. The number of aromatic nitrogens is 2. The van der Waals surface area contributed by atoms with Gasteiger partial charge in [-0.15, -0.1) is 0 Å². The molecule has 0 unspecified atom stereocenters. The number of amides is 1. The van der Waals surface area contributed by atoms with Crippen molar-refractivity contribution in [3.05, 3.63) is 108 Å². The van der Waals surface area contributed by atoms with Crippen molar-refractivity contribution in [2.45, 2.75) is 91.6 Å². The normalized spacial score (nSPS) is 14.9. The number of aryl methyl sites for hydroxylation is 1. The molecule has 9 nitrogen and oxygen atoms in total. The number of anilines is 1. The van der Waals surface area contributed by atoms with Gasteiger partial charge >= 0.3 is 5.97 Å². The Morgan fingerprint density at radius 2 is 1.63 bits per heavy atom. The zero-order valence-corrected chi connectivity index (χ0v) is 35.8. The Bertz CT molecular complexity index is 2200. The Labute approximate surface area is 337 Å². The lowest BCUT2D eigenvalue weighted by Crippen LogP contribution is -2.57. The molecule has 1 aliphatic heterocycles. The highest BCUT2D eigenvalue weighted by Crippen LogP contribution is 2.43. The van der Waals surface area contributed by atoms with E-state index in [1.165, 1.54) is 13.0 Å². The molecule has 57 heavy (non-hydrogen) atoms. The summed E-state index contributed by atoms with van der Waals surface area (Å²) in [5, 5.41) is 2.28. The zero-order chi connectivity index (χ0) is 41.0. The molecule has 0 aliphatic carbocycles. The van der Waals surface area contributed by atoms with Crippen molar-refractivity contribution in [1.29, 1.82) is 0 Å². The van der Waals surface area contributed by atoms with Gasteiger partial charge in [0.1, 0.15) is 29.7 Å². The van der Waals surface area contributed by atoms with Gasteiger partial charge < -0.3 is 23.7 Å². The minimum Gasteiger partial charge on any atom is -0.494 e. The number of imidazole rings is 1. The summed E-state index contributed by atoms with van der Waals surface area (Å²) in [7, 11) is -2.14. The fourth-order valence-electron chi connectivity index (χ4n) is 8.80. The van der Waals surface area contributed by atoms with Gasteiger partial charge in [0, 0.05) is 44.5 Å². The number of carbonyl (C=O) groups is 2. The molecule has 0 bridgehead atoms. The molecule has 4 aromatic carbocycles. The van der Waals surface area contributed by atoms with Crippen molar-refractivity contribution < 1.29 is 27.9 Å². The van der Waals surface area contributed by atoms with E-state index in [-0.39, 0.29) is 23.8 Å². The summed E-state index contributed by atoms with van der Waals surface area (Å²) in [5.74, 6) is -0.244. The molecule has 1 atom stereocenters. The number of benzene rings is 4. The van der Waals surface area contributed by atoms with Crippen molar-refractivity contribution in [3.63, 3.8) is 0 Å². The fourth-order valence-corrected chi connectivity index (χ4v) is 14.2. The SMILES string of the molecule is CCOc1cccc(-n2cc(C(=O)N3CCN(c4cc(CO[Si](C(C)C)(C(C)C)C(C)C)c5ccccc5c4)C[C@H]3COC(C)=O)nc2-c2ccc(C)cc2F)c1. The molecule has 1 fully saturated rings. The number of halogens is 1. The van der Waals surface area contributed by atoms with Gasteiger partial charge in [-0.1, -0.05) is 77.9 Å². The lowest BCUT2D eigenvalue weighted by atomic mass is 10.0. The molecule has 6 rings (SSSR count). The molecule has 0 N–H and O–H groups in total. The molecular weight excluding hydrogens is 736 g/mol. The molecule has 302 valence electrons. The van der Waals surface area contributed by atoms with E-state index in [4.69, 9.17) is 18.9 Å². The van der Waals surface area contributed by atoms with E-state index in [0.717, 1.165) is 27.6 Å². The minimum atomic E-state index is -2.14. The summed E-state index contributed by atoms with van der Waals surface area (Å²) >= 11 is 0. The van der Waals surface area contributed by atoms with E-state index in [9.17, 15) is 9.59 Å². The third kappa shape index (κ3) is 8.79. The third-order valence-corrected chi connectivity index (χ3v) is 17.5. The van der Waals surface area contributed by atoms with Crippen LogP contribution in [0.15, 0.2) is 85.1 Å². The lowest BCUT2D eigenvalue weighted by Gasteiger charge is -2.43. The van der Waals surface area contributed by atoms with Crippen LogP contribution in [-0.4, -0.2) is 73.5 Å². The van der Waals surface area contributed by atoms with Crippen LogP contribution < -0.4 is 9.64 Å². The van der Waals surface area contributed by atoms with Crippen LogP contribution >= 0.6 is 0 Å². The number of esters is 1. The third-order valence-electron chi connectivity index (χ3n) is 11.4. The molecule has 1 aromatic heterocycles. The molecule has 1 aliphatic rings. The summed E-state index contributed by atoms with van der Waals surface area (Å²) < 4.78 is 35.7. The molecule has 0 spiro atoms. The van der Waals surface area contributed by atoms with Gasteiger partial charge in [0.15, 0.2) is 0 Å². The Kier molecular flexibility index (Phi) is 12.9. The van der Waals surface area contributed by atoms with Gasteiger partial charge in [-0.3, -0.25) is 14.2 Å². The largest absolute Gasteiger partial charge is 0.494 e. The van der Waals surface area contributed by atoms with Crippen LogP contribution in [0.5, 0.6) is 5.75 Å². The van der Waals surface area contributed by atoms with E-state index < -0.39 is 26.1 Å². The maximum absolute atomic E-state index is 15.5. The second-order valence-corrected chi connectivity index (χ2v) is 21.5. The average molecular weight is 793 g/mol. The fraction of sp³-hybridized carbons (Fsp3) is 0.413. The number of hydrogen-bond acceptors (Lipinski definition) is 7. The van der Waals surface area contributed by atoms with Gasteiger partial charge in [0.05, 0.1) is 30.5 Å². The summed E-state index contributed by atoms with van der Waals surface area (Å²) in [4.78, 5) is 35.5. The highest BCUT2D eigenvalue weighted by molar-refractivity contribution is 6.77. The number of fused-ring (bicyclic) bond motifs is 1. The second kappa shape index (κ2) is 17.6. The first kappa shape index (κ1) is 41.6. The molecule has 0 radical (unpaired) electrons. The van der Waals surface area contributed by atoms with Crippen molar-refractivity contribution in [1.82, 2.24) is 14.5 Å². The number of hydrogen-bond donors (Lipinski definition) is 0. The van der Waals surface area contributed by atoms with Gasteiger partial charge in [0.2, 0.25) is 8.32 Å². The molecular formula is C46H57FN4O5Si. The van der Waals surface area contributed by atoms with Crippen LogP contribution in [0.25, 0.3) is 27.8 Å². The van der Waals surface area contributed by atoms with Crippen LogP contribution in [0.1, 0.15) is 77.0 Å².